The number of fused-ring (bicyclic) bond motifs is 2. The van der Waals surface area contributed by atoms with E-state index >= 15 is 0 Å². The summed E-state index contributed by atoms with van der Waals surface area (Å²) >= 11 is 0. The van der Waals surface area contributed by atoms with Gasteiger partial charge in [0.05, 0.1) is 0 Å². The second-order valence-electron chi connectivity index (χ2n) is 5.69. The molecule has 2 heterocycles. The van der Waals surface area contributed by atoms with Gasteiger partial charge in [-0.05, 0) is 43.4 Å². The Balaban J connectivity index is 1.77. The summed E-state index contributed by atoms with van der Waals surface area (Å²) in [5.74, 6) is 0.558. The molecule has 0 aromatic carbocycles. The molecule has 2 atom stereocenters. The standard InChI is InChI=1S/C14H21N3O2S/c1-2-15-8-12-4-6-14(16-9-12)20(18,19)17-10-11-3-5-13(17)7-11/h4,6,9,11,13,15H,2-3,5,7-8,10H2,1H3. The molecule has 1 aliphatic heterocycles. The Bertz CT molecular complexity index is 571. The predicted octanol–water partition coefficient (Wildman–Crippen LogP) is 1.36. The molecule has 0 amide bonds. The largest absolute Gasteiger partial charge is 0.313 e. The SMILES string of the molecule is CCNCc1ccc(S(=O)(=O)N2CC3CCC2C3)nc1. The van der Waals surface area contributed by atoms with Crippen LogP contribution in [0.1, 0.15) is 31.7 Å². The Hall–Kier alpha value is -0.980. The highest BCUT2D eigenvalue weighted by molar-refractivity contribution is 7.89. The Labute approximate surface area is 120 Å². The Kier molecular flexibility index (Phi) is 3.79. The predicted molar refractivity (Wildman–Crippen MR) is 76.6 cm³/mol. The lowest BCUT2D eigenvalue weighted by Gasteiger charge is -2.25. The first-order valence-electron chi connectivity index (χ1n) is 7.28. The lowest BCUT2D eigenvalue weighted by molar-refractivity contribution is 0.332. The van der Waals surface area contributed by atoms with Gasteiger partial charge in [0, 0.05) is 25.3 Å². The number of aromatic nitrogens is 1. The zero-order valence-electron chi connectivity index (χ0n) is 11.7. The first-order chi connectivity index (χ1) is 9.61. The van der Waals surface area contributed by atoms with Gasteiger partial charge in [0.2, 0.25) is 0 Å². The van der Waals surface area contributed by atoms with Crippen molar-refractivity contribution in [3.8, 4) is 0 Å². The highest BCUT2D eigenvalue weighted by Gasteiger charge is 2.44. The molecule has 2 unspecified atom stereocenters. The van der Waals surface area contributed by atoms with E-state index in [1.54, 1.807) is 16.6 Å². The van der Waals surface area contributed by atoms with E-state index in [0.717, 1.165) is 31.5 Å². The van der Waals surface area contributed by atoms with Gasteiger partial charge in [-0.2, -0.15) is 4.31 Å². The number of nitrogens with zero attached hydrogens (tertiary/aromatic N) is 2. The molecule has 2 bridgehead atoms. The fraction of sp³-hybridized carbons (Fsp3) is 0.643. The normalized spacial score (nSPS) is 26.2. The van der Waals surface area contributed by atoms with Crippen molar-refractivity contribution in [1.82, 2.24) is 14.6 Å². The smallest absolute Gasteiger partial charge is 0.260 e. The molecular formula is C14H21N3O2S. The van der Waals surface area contributed by atoms with Gasteiger partial charge in [-0.1, -0.05) is 13.0 Å². The van der Waals surface area contributed by atoms with Gasteiger partial charge in [-0.25, -0.2) is 13.4 Å². The van der Waals surface area contributed by atoms with Crippen LogP contribution in [0, 0.1) is 5.92 Å². The summed E-state index contributed by atoms with van der Waals surface area (Å²) < 4.78 is 26.9. The van der Waals surface area contributed by atoms with Gasteiger partial charge in [-0.3, -0.25) is 0 Å². The van der Waals surface area contributed by atoms with E-state index in [0.29, 0.717) is 12.5 Å². The van der Waals surface area contributed by atoms with Gasteiger partial charge in [-0.15, -0.1) is 0 Å². The highest BCUT2D eigenvalue weighted by Crippen LogP contribution is 2.40. The van der Waals surface area contributed by atoms with Crippen molar-refractivity contribution in [3.05, 3.63) is 23.9 Å². The van der Waals surface area contributed by atoms with Crippen LogP contribution < -0.4 is 5.32 Å². The van der Waals surface area contributed by atoms with E-state index in [1.165, 1.54) is 6.42 Å². The van der Waals surface area contributed by atoms with Crippen LogP contribution in [0.4, 0.5) is 0 Å². The minimum atomic E-state index is -3.41. The second-order valence-corrected chi connectivity index (χ2v) is 7.53. The topological polar surface area (TPSA) is 62.3 Å². The quantitative estimate of drug-likeness (QED) is 0.891. The zero-order chi connectivity index (χ0) is 14.2. The average Bonchev–Trinajstić information content (AvgIpc) is 3.08. The molecule has 6 heteroatoms. The molecule has 1 saturated carbocycles. The van der Waals surface area contributed by atoms with Crippen LogP contribution in [-0.4, -0.2) is 36.8 Å². The van der Waals surface area contributed by atoms with Gasteiger partial charge in [0.25, 0.3) is 10.0 Å². The summed E-state index contributed by atoms with van der Waals surface area (Å²) in [4.78, 5) is 4.16. The zero-order valence-corrected chi connectivity index (χ0v) is 12.6. The minimum Gasteiger partial charge on any atom is -0.313 e. The molecule has 20 heavy (non-hydrogen) atoms. The van der Waals surface area contributed by atoms with E-state index < -0.39 is 10.0 Å². The molecule has 1 aromatic heterocycles. The van der Waals surface area contributed by atoms with Crippen molar-refractivity contribution in [2.45, 2.75) is 43.8 Å². The molecule has 1 aromatic rings. The third-order valence-electron chi connectivity index (χ3n) is 4.31. The third-order valence-corrected chi connectivity index (χ3v) is 6.14. The van der Waals surface area contributed by atoms with Crippen molar-refractivity contribution in [1.29, 1.82) is 0 Å². The molecule has 2 aliphatic rings. The summed E-state index contributed by atoms with van der Waals surface area (Å²) in [5, 5.41) is 3.39. The van der Waals surface area contributed by atoms with Crippen molar-refractivity contribution in [3.63, 3.8) is 0 Å². The maximum absolute atomic E-state index is 12.6. The van der Waals surface area contributed by atoms with Crippen molar-refractivity contribution in [2.24, 2.45) is 5.92 Å². The molecule has 1 N–H and O–H groups in total. The number of piperidine rings is 1. The first-order valence-corrected chi connectivity index (χ1v) is 8.72. The number of nitrogens with one attached hydrogen (secondary N) is 1. The van der Waals surface area contributed by atoms with Crippen LogP contribution in [0.25, 0.3) is 0 Å². The van der Waals surface area contributed by atoms with Crippen LogP contribution in [-0.2, 0) is 16.6 Å². The van der Waals surface area contributed by atoms with Crippen molar-refractivity contribution >= 4 is 10.0 Å². The fourth-order valence-corrected chi connectivity index (χ4v) is 4.89. The summed E-state index contributed by atoms with van der Waals surface area (Å²) in [6.45, 7) is 4.32. The Morgan fingerprint density at radius 1 is 1.40 bits per heavy atom. The second kappa shape index (κ2) is 5.42. The number of sulfonamides is 1. The number of rotatable bonds is 5. The first kappa shape index (κ1) is 14.0. The van der Waals surface area contributed by atoms with Gasteiger partial charge >= 0.3 is 0 Å². The highest BCUT2D eigenvalue weighted by atomic mass is 32.2. The van der Waals surface area contributed by atoms with Crippen LogP contribution in [0.5, 0.6) is 0 Å². The van der Waals surface area contributed by atoms with Crippen LogP contribution in [0.15, 0.2) is 23.4 Å². The molecule has 2 fully saturated rings. The van der Waals surface area contributed by atoms with Crippen molar-refractivity contribution in [2.75, 3.05) is 13.1 Å². The summed E-state index contributed by atoms with van der Waals surface area (Å²) in [6.07, 6.45) is 4.86. The number of hydrogen-bond acceptors (Lipinski definition) is 4. The number of pyridine rings is 1. The molecule has 0 radical (unpaired) electrons. The fourth-order valence-electron chi connectivity index (χ4n) is 3.23. The van der Waals surface area contributed by atoms with E-state index in [4.69, 9.17) is 0 Å². The molecular weight excluding hydrogens is 274 g/mol. The molecule has 1 aliphatic carbocycles. The lowest BCUT2D eigenvalue weighted by atomic mass is 10.1. The van der Waals surface area contributed by atoms with Crippen LogP contribution >= 0.6 is 0 Å². The van der Waals surface area contributed by atoms with Gasteiger partial charge in [0.1, 0.15) is 0 Å². The maximum atomic E-state index is 12.6. The monoisotopic (exact) mass is 295 g/mol. The lowest BCUT2D eigenvalue weighted by Crippen LogP contribution is -2.38. The Morgan fingerprint density at radius 2 is 2.25 bits per heavy atom. The van der Waals surface area contributed by atoms with Crippen LogP contribution in [0.3, 0.4) is 0 Å². The molecule has 0 spiro atoms. The van der Waals surface area contributed by atoms with E-state index in [-0.39, 0.29) is 11.1 Å². The third kappa shape index (κ3) is 2.47. The molecule has 5 nitrogen and oxygen atoms in total. The van der Waals surface area contributed by atoms with E-state index in [9.17, 15) is 8.42 Å². The Morgan fingerprint density at radius 3 is 2.80 bits per heavy atom. The molecule has 1 saturated heterocycles. The molecule has 110 valence electrons. The maximum Gasteiger partial charge on any atom is 0.260 e. The molecule has 3 rings (SSSR count). The summed E-state index contributed by atoms with van der Waals surface area (Å²) in [6, 6.07) is 3.68. The van der Waals surface area contributed by atoms with Crippen LogP contribution in [0.2, 0.25) is 0 Å². The van der Waals surface area contributed by atoms with E-state index in [1.807, 2.05) is 13.0 Å². The summed E-state index contributed by atoms with van der Waals surface area (Å²) in [5.41, 5.74) is 1.01. The van der Waals surface area contributed by atoms with Gasteiger partial charge in [0.15, 0.2) is 5.03 Å². The summed E-state index contributed by atoms with van der Waals surface area (Å²) in [7, 11) is -3.41. The van der Waals surface area contributed by atoms with Gasteiger partial charge < -0.3 is 5.32 Å². The minimum absolute atomic E-state index is 0.185. The number of hydrogen-bond donors (Lipinski definition) is 1. The average molecular weight is 295 g/mol. The van der Waals surface area contributed by atoms with Crippen molar-refractivity contribution < 1.29 is 8.42 Å². The van der Waals surface area contributed by atoms with E-state index in [2.05, 4.69) is 10.3 Å².